The molecule has 0 unspecified atom stereocenters. The van der Waals surface area contributed by atoms with Crippen molar-refractivity contribution in [2.75, 3.05) is 26.7 Å². The van der Waals surface area contributed by atoms with E-state index in [0.29, 0.717) is 31.3 Å². The molecule has 154 valence electrons. The number of carbonyl (C=O) groups excluding carboxylic acids is 2. The molecule has 0 saturated carbocycles. The summed E-state index contributed by atoms with van der Waals surface area (Å²) < 4.78 is 10.6. The highest BCUT2D eigenvalue weighted by molar-refractivity contribution is 5.80. The highest BCUT2D eigenvalue weighted by Gasteiger charge is 2.34. The molecule has 0 aliphatic carbocycles. The number of amides is 2. The van der Waals surface area contributed by atoms with Crippen LogP contribution in [0.25, 0.3) is 0 Å². The number of guanidine groups is 1. The quantitative estimate of drug-likeness (QED) is 0.488. The van der Waals surface area contributed by atoms with E-state index in [4.69, 9.17) is 15.2 Å². The lowest BCUT2D eigenvalue weighted by Crippen LogP contribution is -2.63. The Labute approximate surface area is 165 Å². The van der Waals surface area contributed by atoms with Crippen LogP contribution in [-0.2, 0) is 16.1 Å². The van der Waals surface area contributed by atoms with Gasteiger partial charge in [-0.2, -0.15) is 0 Å². The van der Waals surface area contributed by atoms with Gasteiger partial charge in [-0.3, -0.25) is 9.79 Å². The molecule has 1 aromatic carbocycles. The average Bonchev–Trinajstić information content (AvgIpc) is 2.57. The minimum atomic E-state index is -0.519. The number of benzene rings is 1. The molecule has 1 saturated heterocycles. The van der Waals surface area contributed by atoms with Crippen LogP contribution in [0.2, 0.25) is 0 Å². The average molecular weight is 391 g/mol. The molecule has 0 atom stereocenters. The van der Waals surface area contributed by atoms with Crippen molar-refractivity contribution in [1.82, 2.24) is 15.5 Å². The van der Waals surface area contributed by atoms with Crippen LogP contribution >= 0.6 is 0 Å². The standard InChI is InChI=1S/C19H29N5O4/c1-19(2,3)28-18(26)24-10-14(11-24)23-17(21-4)22-9-13-6-5-7-15(8-13)27-12-16(20)25/h5-8,14H,9-12H2,1-4H3,(H2,20,25)(H2,21,22,23). The molecule has 1 heterocycles. The van der Waals surface area contributed by atoms with Gasteiger partial charge in [0.25, 0.3) is 5.91 Å². The van der Waals surface area contributed by atoms with Crippen molar-refractivity contribution in [3.05, 3.63) is 29.8 Å². The van der Waals surface area contributed by atoms with Gasteiger partial charge in [0.05, 0.1) is 6.04 Å². The Hall–Kier alpha value is -2.97. The Morgan fingerprint density at radius 1 is 1.32 bits per heavy atom. The molecule has 1 aromatic rings. The largest absolute Gasteiger partial charge is 0.484 e. The second kappa shape index (κ2) is 9.29. The first-order chi connectivity index (χ1) is 13.2. The molecule has 0 radical (unpaired) electrons. The maximum atomic E-state index is 12.0. The van der Waals surface area contributed by atoms with E-state index in [0.717, 1.165) is 5.56 Å². The fourth-order valence-corrected chi connectivity index (χ4v) is 2.52. The molecular weight excluding hydrogens is 362 g/mol. The SMILES string of the molecule is CN=C(NCc1cccc(OCC(N)=O)c1)NC1CN(C(=O)OC(C)(C)C)C1. The summed E-state index contributed by atoms with van der Waals surface area (Å²) in [5.41, 5.74) is 5.56. The van der Waals surface area contributed by atoms with E-state index in [-0.39, 0.29) is 18.7 Å². The second-order valence-electron chi connectivity index (χ2n) is 7.55. The zero-order valence-corrected chi connectivity index (χ0v) is 16.8. The molecule has 1 aliphatic heterocycles. The molecule has 1 aliphatic rings. The minimum absolute atomic E-state index is 0.115. The molecule has 0 spiro atoms. The number of nitrogens with zero attached hydrogens (tertiary/aromatic N) is 2. The maximum Gasteiger partial charge on any atom is 0.410 e. The summed E-state index contributed by atoms with van der Waals surface area (Å²) in [6, 6.07) is 7.48. The van der Waals surface area contributed by atoms with Gasteiger partial charge in [0.1, 0.15) is 11.4 Å². The third kappa shape index (κ3) is 6.98. The van der Waals surface area contributed by atoms with Crippen molar-refractivity contribution >= 4 is 18.0 Å². The van der Waals surface area contributed by atoms with Gasteiger partial charge < -0.3 is 30.7 Å². The Kier molecular flexibility index (Phi) is 7.08. The number of rotatable bonds is 6. The van der Waals surface area contributed by atoms with Crippen LogP contribution in [0.5, 0.6) is 5.75 Å². The second-order valence-corrected chi connectivity index (χ2v) is 7.55. The monoisotopic (exact) mass is 391 g/mol. The van der Waals surface area contributed by atoms with Gasteiger partial charge in [0.15, 0.2) is 12.6 Å². The zero-order valence-electron chi connectivity index (χ0n) is 16.8. The summed E-state index contributed by atoms with van der Waals surface area (Å²) in [5.74, 6) is 0.694. The summed E-state index contributed by atoms with van der Waals surface area (Å²) in [6.45, 7) is 7.03. The van der Waals surface area contributed by atoms with E-state index in [1.807, 2.05) is 39.0 Å². The molecule has 0 aromatic heterocycles. The van der Waals surface area contributed by atoms with Crippen molar-refractivity contribution in [3.63, 3.8) is 0 Å². The number of likely N-dealkylation sites (tertiary alicyclic amines) is 1. The van der Waals surface area contributed by atoms with E-state index in [9.17, 15) is 9.59 Å². The summed E-state index contributed by atoms with van der Waals surface area (Å²) in [6.07, 6.45) is -0.304. The predicted molar refractivity (Wildman–Crippen MR) is 106 cm³/mol. The molecule has 1 fully saturated rings. The lowest BCUT2D eigenvalue weighted by molar-refractivity contribution is -0.119. The smallest absolute Gasteiger partial charge is 0.410 e. The van der Waals surface area contributed by atoms with Crippen molar-refractivity contribution in [2.45, 2.75) is 39.0 Å². The van der Waals surface area contributed by atoms with E-state index in [2.05, 4.69) is 15.6 Å². The minimum Gasteiger partial charge on any atom is -0.484 e. The first-order valence-corrected chi connectivity index (χ1v) is 9.11. The molecule has 28 heavy (non-hydrogen) atoms. The normalized spacial score (nSPS) is 14.9. The van der Waals surface area contributed by atoms with E-state index in [1.54, 1.807) is 18.0 Å². The van der Waals surface area contributed by atoms with Crippen molar-refractivity contribution in [2.24, 2.45) is 10.7 Å². The van der Waals surface area contributed by atoms with Gasteiger partial charge in [-0.15, -0.1) is 0 Å². The van der Waals surface area contributed by atoms with E-state index in [1.165, 1.54) is 0 Å². The van der Waals surface area contributed by atoms with Gasteiger partial charge in [-0.05, 0) is 38.5 Å². The van der Waals surface area contributed by atoms with Crippen LogP contribution in [0.3, 0.4) is 0 Å². The summed E-state index contributed by atoms with van der Waals surface area (Å²) in [5, 5.41) is 6.49. The van der Waals surface area contributed by atoms with Gasteiger partial charge >= 0.3 is 6.09 Å². The highest BCUT2D eigenvalue weighted by Crippen LogP contribution is 2.15. The van der Waals surface area contributed by atoms with Crippen LogP contribution in [0.15, 0.2) is 29.3 Å². The van der Waals surface area contributed by atoms with Crippen LogP contribution in [0.1, 0.15) is 26.3 Å². The van der Waals surface area contributed by atoms with E-state index < -0.39 is 11.5 Å². The van der Waals surface area contributed by atoms with Crippen molar-refractivity contribution in [3.8, 4) is 5.75 Å². The number of primary amides is 1. The van der Waals surface area contributed by atoms with E-state index >= 15 is 0 Å². The van der Waals surface area contributed by atoms with Crippen LogP contribution in [0.4, 0.5) is 4.79 Å². The third-order valence-electron chi connectivity index (χ3n) is 3.84. The first kappa shape index (κ1) is 21.3. The topological polar surface area (TPSA) is 118 Å². The molecule has 2 amide bonds. The zero-order chi connectivity index (χ0) is 20.7. The predicted octanol–water partition coefficient (Wildman–Crippen LogP) is 0.835. The number of nitrogens with two attached hydrogens (primary N) is 1. The molecular formula is C19H29N5O4. The van der Waals surface area contributed by atoms with Crippen molar-refractivity contribution in [1.29, 1.82) is 0 Å². The molecule has 9 heteroatoms. The fraction of sp³-hybridized carbons (Fsp3) is 0.526. The van der Waals surface area contributed by atoms with Crippen LogP contribution in [0, 0.1) is 0 Å². The van der Waals surface area contributed by atoms with Gasteiger partial charge in [-0.1, -0.05) is 12.1 Å². The molecule has 2 rings (SSSR count). The number of carbonyl (C=O) groups is 2. The summed E-state index contributed by atoms with van der Waals surface area (Å²) in [4.78, 5) is 28.6. The van der Waals surface area contributed by atoms with Gasteiger partial charge in [-0.25, -0.2) is 4.79 Å². The Balaban J connectivity index is 1.76. The highest BCUT2D eigenvalue weighted by atomic mass is 16.6. The Morgan fingerprint density at radius 3 is 2.64 bits per heavy atom. The number of ether oxygens (including phenoxy) is 2. The Bertz CT molecular complexity index is 723. The van der Waals surface area contributed by atoms with Gasteiger partial charge in [0, 0.05) is 26.7 Å². The number of aliphatic imine (C=N–C) groups is 1. The van der Waals surface area contributed by atoms with Crippen LogP contribution < -0.4 is 21.1 Å². The number of nitrogens with one attached hydrogen (secondary N) is 2. The molecule has 0 bridgehead atoms. The molecule has 9 nitrogen and oxygen atoms in total. The fourth-order valence-electron chi connectivity index (χ4n) is 2.52. The lowest BCUT2D eigenvalue weighted by atomic mass is 10.1. The number of hydrogen-bond acceptors (Lipinski definition) is 5. The maximum absolute atomic E-state index is 12.0. The van der Waals surface area contributed by atoms with Crippen LogP contribution in [-0.4, -0.2) is 61.2 Å². The summed E-state index contributed by atoms with van der Waals surface area (Å²) in [7, 11) is 1.69. The molecule has 4 N–H and O–H groups in total. The summed E-state index contributed by atoms with van der Waals surface area (Å²) >= 11 is 0. The van der Waals surface area contributed by atoms with Gasteiger partial charge in [0.2, 0.25) is 0 Å². The first-order valence-electron chi connectivity index (χ1n) is 9.11. The van der Waals surface area contributed by atoms with Crippen molar-refractivity contribution < 1.29 is 19.1 Å². The lowest BCUT2D eigenvalue weighted by Gasteiger charge is -2.40. The third-order valence-corrected chi connectivity index (χ3v) is 3.84. The number of hydrogen-bond donors (Lipinski definition) is 3. The Morgan fingerprint density at radius 2 is 2.04 bits per heavy atom.